The fraction of sp³-hybridized carbons (Fsp3) is 0.400. The van der Waals surface area contributed by atoms with Gasteiger partial charge in [-0.2, -0.15) is 11.8 Å². The largest absolute Gasteiger partial charge is 0.480 e. The summed E-state index contributed by atoms with van der Waals surface area (Å²) < 4.78 is 33.3. The number of ether oxygens (including phenoxy) is 1. The van der Waals surface area contributed by atoms with E-state index in [0.717, 1.165) is 22.3 Å². The van der Waals surface area contributed by atoms with Crippen molar-refractivity contribution in [2.75, 3.05) is 25.2 Å². The summed E-state index contributed by atoms with van der Waals surface area (Å²) in [5, 5.41) is 11.8. The number of aliphatic carboxylic acids is 1. The Kier molecular flexibility index (Phi) is 7.30. The molecule has 2 aliphatic rings. The molecule has 2 N–H and O–H groups in total. The fourth-order valence-electron chi connectivity index (χ4n) is 4.74. The summed E-state index contributed by atoms with van der Waals surface area (Å²) in [5.41, 5.74) is 4.19. The first-order valence-corrected chi connectivity index (χ1v) is 12.6. The van der Waals surface area contributed by atoms with Crippen molar-refractivity contribution in [2.45, 2.75) is 36.8 Å². The molecule has 186 valence electrons. The van der Waals surface area contributed by atoms with Gasteiger partial charge >= 0.3 is 12.1 Å². The van der Waals surface area contributed by atoms with Crippen LogP contribution in [0.5, 0.6) is 0 Å². The van der Waals surface area contributed by atoms with E-state index in [-0.39, 0.29) is 18.9 Å². The van der Waals surface area contributed by atoms with Gasteiger partial charge in [0.15, 0.2) is 0 Å². The number of halogens is 2. The minimum atomic E-state index is -3.30. The summed E-state index contributed by atoms with van der Waals surface area (Å²) in [7, 11) is 0. The van der Waals surface area contributed by atoms with Crippen LogP contribution in [0.3, 0.4) is 0 Å². The maximum Gasteiger partial charge on any atom is 0.407 e. The summed E-state index contributed by atoms with van der Waals surface area (Å²) in [6, 6.07) is 12.9. The monoisotopic (exact) mass is 504 g/mol. The summed E-state index contributed by atoms with van der Waals surface area (Å²) in [6.07, 6.45) is 0.148. The third kappa shape index (κ3) is 5.27. The highest BCUT2D eigenvalue weighted by atomic mass is 32.2. The smallest absolute Gasteiger partial charge is 0.407 e. The van der Waals surface area contributed by atoms with Crippen LogP contribution in [-0.2, 0) is 14.3 Å². The number of carboxylic acid groups (broad SMARTS) is 1. The second-order valence-corrected chi connectivity index (χ2v) is 9.67. The average molecular weight is 505 g/mol. The van der Waals surface area contributed by atoms with Crippen molar-refractivity contribution < 1.29 is 33.0 Å². The summed E-state index contributed by atoms with van der Waals surface area (Å²) >= 11 is 1.41. The highest BCUT2D eigenvalue weighted by Gasteiger charge is 2.51. The number of thioether (sulfide) groups is 1. The van der Waals surface area contributed by atoms with Crippen LogP contribution in [0.15, 0.2) is 48.5 Å². The molecule has 0 spiro atoms. The number of hydrogen-bond donors (Lipinski definition) is 2. The molecule has 2 atom stereocenters. The number of carboxylic acids is 1. The van der Waals surface area contributed by atoms with Gasteiger partial charge in [0.1, 0.15) is 18.7 Å². The number of carbonyl (C=O) groups is 3. The number of alkyl halides is 2. The fourth-order valence-corrected chi connectivity index (χ4v) is 5.22. The molecule has 1 heterocycles. The summed E-state index contributed by atoms with van der Waals surface area (Å²) in [6.45, 7) is -0.965. The van der Waals surface area contributed by atoms with Crippen LogP contribution >= 0.6 is 11.8 Å². The lowest BCUT2D eigenvalue weighted by molar-refractivity contribution is -0.149. The zero-order valence-corrected chi connectivity index (χ0v) is 19.9. The van der Waals surface area contributed by atoms with Crippen molar-refractivity contribution in [3.05, 3.63) is 59.7 Å². The average Bonchev–Trinajstić information content (AvgIpc) is 3.34. The zero-order valence-electron chi connectivity index (χ0n) is 19.1. The molecule has 1 unspecified atom stereocenters. The van der Waals surface area contributed by atoms with Crippen molar-refractivity contribution in [3.63, 3.8) is 0 Å². The predicted molar refractivity (Wildman–Crippen MR) is 128 cm³/mol. The summed E-state index contributed by atoms with van der Waals surface area (Å²) in [4.78, 5) is 37.8. The molecule has 1 aliphatic carbocycles. The summed E-state index contributed by atoms with van der Waals surface area (Å²) in [5.74, 6) is -5.37. The molecule has 0 radical (unpaired) electrons. The van der Waals surface area contributed by atoms with Crippen LogP contribution in [0.2, 0.25) is 0 Å². The molecule has 0 saturated carbocycles. The number of rotatable bonds is 8. The van der Waals surface area contributed by atoms with Crippen molar-refractivity contribution in [1.82, 2.24) is 10.2 Å². The third-order valence-corrected chi connectivity index (χ3v) is 7.03. The number of nitrogens with zero attached hydrogens (tertiary/aromatic N) is 1. The first-order valence-electron chi connectivity index (χ1n) is 11.2. The Morgan fingerprint density at radius 2 is 1.74 bits per heavy atom. The Morgan fingerprint density at radius 3 is 2.31 bits per heavy atom. The maximum absolute atomic E-state index is 13.9. The number of benzene rings is 2. The number of alkyl carbamates (subject to hydrolysis) is 1. The molecule has 2 amide bonds. The predicted octanol–water partition coefficient (Wildman–Crippen LogP) is 3.97. The molecular formula is C25H26F2N2O5S. The van der Waals surface area contributed by atoms with Crippen LogP contribution < -0.4 is 5.32 Å². The molecule has 1 saturated heterocycles. The van der Waals surface area contributed by atoms with Crippen LogP contribution in [-0.4, -0.2) is 71.1 Å². The molecule has 2 aromatic rings. The Labute approximate surface area is 205 Å². The molecular weight excluding hydrogens is 478 g/mol. The Morgan fingerprint density at radius 1 is 1.14 bits per heavy atom. The molecule has 0 aromatic heterocycles. The normalized spacial score (nSPS) is 19.1. The van der Waals surface area contributed by atoms with Gasteiger partial charge in [-0.25, -0.2) is 18.4 Å². The molecule has 2 aromatic carbocycles. The molecule has 7 nitrogen and oxygen atoms in total. The Bertz CT molecular complexity index is 1080. The van der Waals surface area contributed by atoms with Gasteiger partial charge in [0, 0.05) is 12.3 Å². The van der Waals surface area contributed by atoms with Gasteiger partial charge in [0.2, 0.25) is 5.91 Å². The first kappa shape index (κ1) is 25.0. The van der Waals surface area contributed by atoms with Gasteiger partial charge in [0.05, 0.1) is 6.54 Å². The van der Waals surface area contributed by atoms with Crippen molar-refractivity contribution in [2.24, 2.45) is 0 Å². The molecule has 4 rings (SSSR count). The van der Waals surface area contributed by atoms with Gasteiger partial charge in [-0.3, -0.25) is 4.79 Å². The van der Waals surface area contributed by atoms with Crippen LogP contribution in [0, 0.1) is 0 Å². The van der Waals surface area contributed by atoms with E-state index in [1.54, 1.807) is 6.26 Å². The SMILES string of the molecule is CSCC[C@H](NC(=O)OCC1c2ccccc2-c2ccccc21)C(=O)N1CC(F)(F)CC1C(=O)O. The molecule has 35 heavy (non-hydrogen) atoms. The number of likely N-dealkylation sites (tertiary alicyclic amines) is 1. The lowest BCUT2D eigenvalue weighted by Crippen LogP contribution is -2.52. The maximum atomic E-state index is 13.9. The minimum absolute atomic E-state index is 0.0306. The quantitative estimate of drug-likeness (QED) is 0.565. The van der Waals surface area contributed by atoms with Gasteiger partial charge < -0.3 is 20.1 Å². The van der Waals surface area contributed by atoms with E-state index < -0.39 is 48.9 Å². The molecule has 1 aliphatic heterocycles. The topological polar surface area (TPSA) is 95.9 Å². The van der Waals surface area contributed by atoms with Crippen LogP contribution in [0.4, 0.5) is 13.6 Å². The van der Waals surface area contributed by atoms with Crippen molar-refractivity contribution >= 4 is 29.7 Å². The molecule has 10 heteroatoms. The van der Waals surface area contributed by atoms with E-state index >= 15 is 0 Å². The van der Waals surface area contributed by atoms with Crippen LogP contribution in [0.25, 0.3) is 11.1 Å². The van der Waals surface area contributed by atoms with E-state index in [1.165, 1.54) is 11.8 Å². The van der Waals surface area contributed by atoms with Crippen LogP contribution in [0.1, 0.15) is 29.9 Å². The van der Waals surface area contributed by atoms with Crippen molar-refractivity contribution in [1.29, 1.82) is 0 Å². The van der Waals surface area contributed by atoms with E-state index in [4.69, 9.17) is 4.74 Å². The standard InChI is InChI=1S/C25H26F2N2O5S/c1-35-11-10-20(22(30)29-14-25(26,27)12-21(29)23(31)32)28-24(33)34-13-19-17-8-4-2-6-15(17)16-7-3-5-9-18(16)19/h2-9,19-21H,10-14H2,1H3,(H,28,33)(H,31,32)/t20-,21?/m0/s1. The van der Waals surface area contributed by atoms with Crippen molar-refractivity contribution in [3.8, 4) is 11.1 Å². The second-order valence-electron chi connectivity index (χ2n) is 8.68. The number of hydrogen-bond acceptors (Lipinski definition) is 5. The van der Waals surface area contributed by atoms with Gasteiger partial charge in [-0.15, -0.1) is 0 Å². The second kappa shape index (κ2) is 10.2. The number of carbonyl (C=O) groups excluding carboxylic acids is 2. The van der Waals surface area contributed by atoms with E-state index in [0.29, 0.717) is 10.7 Å². The van der Waals surface area contributed by atoms with Gasteiger partial charge in [0.25, 0.3) is 5.92 Å². The first-order chi connectivity index (χ1) is 16.7. The third-order valence-electron chi connectivity index (χ3n) is 6.38. The van der Waals surface area contributed by atoms with E-state index in [9.17, 15) is 28.3 Å². The van der Waals surface area contributed by atoms with E-state index in [1.807, 2.05) is 48.5 Å². The minimum Gasteiger partial charge on any atom is -0.480 e. The lowest BCUT2D eigenvalue weighted by Gasteiger charge is -2.27. The van der Waals surface area contributed by atoms with Gasteiger partial charge in [-0.05, 0) is 40.7 Å². The molecule has 1 fully saturated rings. The number of nitrogens with one attached hydrogen (secondary N) is 1. The Hall–Kier alpha value is -3.14. The highest BCUT2D eigenvalue weighted by molar-refractivity contribution is 7.98. The highest BCUT2D eigenvalue weighted by Crippen LogP contribution is 2.44. The number of amides is 2. The van der Waals surface area contributed by atoms with E-state index in [2.05, 4.69) is 5.32 Å². The lowest BCUT2D eigenvalue weighted by atomic mass is 9.98. The Balaban J connectivity index is 1.45. The van der Waals surface area contributed by atoms with Gasteiger partial charge in [-0.1, -0.05) is 48.5 Å². The number of fused-ring (bicyclic) bond motifs is 3. The molecule has 0 bridgehead atoms. The zero-order chi connectivity index (χ0) is 25.2.